The van der Waals surface area contributed by atoms with Crippen molar-refractivity contribution in [1.82, 2.24) is 4.98 Å². The average molecular weight is 256 g/mol. The lowest BCUT2D eigenvalue weighted by atomic mass is 9.90. The molecule has 1 saturated heterocycles. The summed E-state index contributed by atoms with van der Waals surface area (Å²) in [6.45, 7) is 2.85. The Kier molecular flexibility index (Phi) is 4.37. The van der Waals surface area contributed by atoms with Crippen LogP contribution in [0, 0.1) is 5.92 Å². The summed E-state index contributed by atoms with van der Waals surface area (Å²) in [4.78, 5) is 3.94. The second-order valence-corrected chi connectivity index (χ2v) is 4.92. The van der Waals surface area contributed by atoms with Gasteiger partial charge in [-0.15, -0.1) is 0 Å². The minimum Gasteiger partial charge on any atom is -0.392 e. The Morgan fingerprint density at radius 3 is 3.18 bits per heavy atom. The third-order valence-corrected chi connectivity index (χ3v) is 3.78. The summed E-state index contributed by atoms with van der Waals surface area (Å²) in [5.41, 5.74) is 0.955. The topological polar surface area (TPSA) is 42.4 Å². The van der Waals surface area contributed by atoms with Crippen LogP contribution in [-0.4, -0.2) is 28.9 Å². The van der Waals surface area contributed by atoms with Gasteiger partial charge in [-0.2, -0.15) is 0 Å². The molecule has 1 aliphatic rings. The molecule has 2 heterocycles. The molecule has 0 aliphatic carbocycles. The third kappa shape index (κ3) is 2.97. The third-order valence-electron chi connectivity index (χ3n) is 3.44. The predicted molar refractivity (Wildman–Crippen MR) is 67.1 cm³/mol. The molecule has 3 atom stereocenters. The fraction of sp³-hybridized carbons (Fsp3) is 0.615. The SMILES string of the molecule is CCC1OCCC1C(O)Cc1ccncc1Cl. The summed E-state index contributed by atoms with van der Waals surface area (Å²) in [6, 6.07) is 1.86. The van der Waals surface area contributed by atoms with Crippen LogP contribution in [0.15, 0.2) is 18.5 Å². The maximum Gasteiger partial charge on any atom is 0.0634 e. The number of hydrogen-bond donors (Lipinski definition) is 1. The number of ether oxygens (including phenoxy) is 1. The predicted octanol–water partition coefficient (Wildman–Crippen LogP) is 2.45. The Labute approximate surface area is 107 Å². The van der Waals surface area contributed by atoms with Crippen molar-refractivity contribution >= 4 is 11.6 Å². The molecule has 1 N–H and O–H groups in total. The highest BCUT2D eigenvalue weighted by molar-refractivity contribution is 6.31. The highest BCUT2D eigenvalue weighted by atomic mass is 35.5. The van der Waals surface area contributed by atoms with Crippen LogP contribution in [0.25, 0.3) is 0 Å². The van der Waals surface area contributed by atoms with Gasteiger partial charge in [-0.25, -0.2) is 0 Å². The van der Waals surface area contributed by atoms with Gasteiger partial charge < -0.3 is 9.84 Å². The van der Waals surface area contributed by atoms with Gasteiger partial charge in [0.05, 0.1) is 17.2 Å². The first kappa shape index (κ1) is 12.8. The van der Waals surface area contributed by atoms with Crippen molar-refractivity contribution < 1.29 is 9.84 Å². The zero-order valence-corrected chi connectivity index (χ0v) is 10.7. The van der Waals surface area contributed by atoms with E-state index in [0.29, 0.717) is 11.4 Å². The molecule has 3 nitrogen and oxygen atoms in total. The van der Waals surface area contributed by atoms with Crippen molar-refractivity contribution in [3.63, 3.8) is 0 Å². The number of aromatic nitrogens is 1. The number of pyridine rings is 1. The van der Waals surface area contributed by atoms with Crippen LogP contribution in [0.3, 0.4) is 0 Å². The molecule has 94 valence electrons. The first-order valence-electron chi connectivity index (χ1n) is 6.10. The van der Waals surface area contributed by atoms with Crippen LogP contribution in [0.2, 0.25) is 5.02 Å². The lowest BCUT2D eigenvalue weighted by molar-refractivity contribution is 0.0318. The molecular formula is C13H18ClNO2. The van der Waals surface area contributed by atoms with Crippen LogP contribution in [-0.2, 0) is 11.2 Å². The van der Waals surface area contributed by atoms with Gasteiger partial charge in [0.25, 0.3) is 0 Å². The molecule has 17 heavy (non-hydrogen) atoms. The molecule has 1 aromatic heterocycles. The van der Waals surface area contributed by atoms with Gasteiger partial charge in [0.1, 0.15) is 0 Å². The van der Waals surface area contributed by atoms with Gasteiger partial charge >= 0.3 is 0 Å². The summed E-state index contributed by atoms with van der Waals surface area (Å²) >= 11 is 6.04. The molecule has 1 aliphatic heterocycles. The van der Waals surface area contributed by atoms with E-state index in [9.17, 15) is 5.11 Å². The molecule has 1 fully saturated rings. The lowest BCUT2D eigenvalue weighted by Gasteiger charge is -2.23. The Bertz CT molecular complexity index is 372. The normalized spacial score (nSPS) is 26.1. The first-order valence-corrected chi connectivity index (χ1v) is 6.48. The molecule has 4 heteroatoms. The fourth-order valence-corrected chi connectivity index (χ4v) is 2.67. The Morgan fingerprint density at radius 1 is 1.65 bits per heavy atom. The van der Waals surface area contributed by atoms with Crippen LogP contribution < -0.4 is 0 Å². The van der Waals surface area contributed by atoms with E-state index >= 15 is 0 Å². The summed E-state index contributed by atoms with van der Waals surface area (Å²) in [7, 11) is 0. The lowest BCUT2D eigenvalue weighted by Crippen LogP contribution is -2.29. The molecular weight excluding hydrogens is 238 g/mol. The molecule has 0 saturated carbocycles. The van der Waals surface area contributed by atoms with Crippen molar-refractivity contribution in [3.8, 4) is 0 Å². The van der Waals surface area contributed by atoms with Gasteiger partial charge in [-0.05, 0) is 24.5 Å². The number of nitrogens with zero attached hydrogens (tertiary/aromatic N) is 1. The number of hydrogen-bond acceptors (Lipinski definition) is 3. The Balaban J connectivity index is 2.01. The van der Waals surface area contributed by atoms with Gasteiger partial charge in [-0.1, -0.05) is 18.5 Å². The van der Waals surface area contributed by atoms with E-state index in [2.05, 4.69) is 11.9 Å². The van der Waals surface area contributed by atoms with Gasteiger partial charge in [-0.3, -0.25) is 4.98 Å². The number of aliphatic hydroxyl groups is 1. The maximum atomic E-state index is 10.3. The van der Waals surface area contributed by atoms with Crippen LogP contribution in [0.4, 0.5) is 0 Å². The fourth-order valence-electron chi connectivity index (χ4n) is 2.47. The van der Waals surface area contributed by atoms with Crippen LogP contribution >= 0.6 is 11.6 Å². The summed E-state index contributed by atoms with van der Waals surface area (Å²) < 4.78 is 5.60. The molecule has 0 spiro atoms. The molecule has 3 unspecified atom stereocenters. The van der Waals surface area contributed by atoms with Crippen LogP contribution in [0.5, 0.6) is 0 Å². The van der Waals surface area contributed by atoms with Crippen molar-refractivity contribution in [2.24, 2.45) is 5.92 Å². The zero-order valence-electron chi connectivity index (χ0n) is 9.97. The molecule has 0 bridgehead atoms. The number of rotatable bonds is 4. The monoisotopic (exact) mass is 255 g/mol. The van der Waals surface area contributed by atoms with E-state index in [1.54, 1.807) is 12.4 Å². The van der Waals surface area contributed by atoms with E-state index in [1.807, 2.05) is 6.07 Å². The summed E-state index contributed by atoms with van der Waals surface area (Å²) in [5, 5.41) is 10.9. The largest absolute Gasteiger partial charge is 0.392 e. The molecule has 0 radical (unpaired) electrons. The number of aliphatic hydroxyl groups excluding tert-OH is 1. The maximum absolute atomic E-state index is 10.3. The van der Waals surface area contributed by atoms with E-state index in [0.717, 1.165) is 25.0 Å². The Morgan fingerprint density at radius 2 is 2.47 bits per heavy atom. The van der Waals surface area contributed by atoms with Gasteiger partial charge in [0, 0.05) is 31.3 Å². The number of halogens is 1. The molecule has 0 amide bonds. The highest BCUT2D eigenvalue weighted by Crippen LogP contribution is 2.29. The minimum atomic E-state index is -0.387. The van der Waals surface area contributed by atoms with Gasteiger partial charge in [0.15, 0.2) is 0 Å². The van der Waals surface area contributed by atoms with Gasteiger partial charge in [0.2, 0.25) is 0 Å². The Hall–Kier alpha value is -0.640. The molecule has 1 aromatic rings. The average Bonchev–Trinajstić information content (AvgIpc) is 2.80. The highest BCUT2D eigenvalue weighted by Gasteiger charge is 2.32. The van der Waals surface area contributed by atoms with E-state index in [4.69, 9.17) is 16.3 Å². The van der Waals surface area contributed by atoms with E-state index in [1.165, 1.54) is 0 Å². The zero-order chi connectivity index (χ0) is 12.3. The van der Waals surface area contributed by atoms with Crippen molar-refractivity contribution in [2.45, 2.75) is 38.4 Å². The molecule has 2 rings (SSSR count). The quantitative estimate of drug-likeness (QED) is 0.899. The summed E-state index contributed by atoms with van der Waals surface area (Å²) in [6.07, 6.45) is 5.58. The van der Waals surface area contributed by atoms with Crippen molar-refractivity contribution in [1.29, 1.82) is 0 Å². The van der Waals surface area contributed by atoms with Crippen molar-refractivity contribution in [2.75, 3.05) is 6.61 Å². The van der Waals surface area contributed by atoms with E-state index < -0.39 is 0 Å². The van der Waals surface area contributed by atoms with Crippen molar-refractivity contribution in [3.05, 3.63) is 29.0 Å². The standard InChI is InChI=1S/C13H18ClNO2/c1-2-13-10(4-6-17-13)12(16)7-9-3-5-15-8-11(9)14/h3,5,8,10,12-13,16H,2,4,6-7H2,1H3. The molecule has 0 aromatic carbocycles. The second-order valence-electron chi connectivity index (χ2n) is 4.51. The second kappa shape index (κ2) is 5.80. The van der Waals surface area contributed by atoms with E-state index in [-0.39, 0.29) is 18.1 Å². The first-order chi connectivity index (χ1) is 8.22. The summed E-state index contributed by atoms with van der Waals surface area (Å²) in [5.74, 6) is 0.226. The smallest absolute Gasteiger partial charge is 0.0634 e. The minimum absolute atomic E-state index is 0.186. The van der Waals surface area contributed by atoms with Crippen LogP contribution in [0.1, 0.15) is 25.3 Å².